The van der Waals surface area contributed by atoms with Crippen molar-refractivity contribution in [2.24, 2.45) is 11.7 Å². The monoisotopic (exact) mass is 409 g/mol. The molecule has 1 aromatic carbocycles. The molecular formula is C21H35N3O5. The van der Waals surface area contributed by atoms with E-state index in [1.165, 1.54) is 19.6 Å². The molecule has 0 saturated heterocycles. The lowest BCUT2D eigenvalue weighted by Gasteiger charge is -2.22. The van der Waals surface area contributed by atoms with Crippen molar-refractivity contribution in [3.63, 3.8) is 0 Å². The molecule has 4 N–H and O–H groups in total. The maximum atomic E-state index is 11.8. The average Bonchev–Trinajstić information content (AvgIpc) is 2.69. The fourth-order valence-corrected chi connectivity index (χ4v) is 2.02. The van der Waals surface area contributed by atoms with E-state index in [1.54, 1.807) is 13.8 Å². The molecule has 0 aliphatic carbocycles. The quantitative estimate of drug-likeness (QED) is 0.532. The third kappa shape index (κ3) is 11.7. The van der Waals surface area contributed by atoms with Crippen LogP contribution in [0.3, 0.4) is 0 Å². The van der Waals surface area contributed by atoms with Crippen molar-refractivity contribution in [3.05, 3.63) is 29.8 Å². The van der Waals surface area contributed by atoms with E-state index in [-0.39, 0.29) is 12.5 Å². The lowest BCUT2D eigenvalue weighted by molar-refractivity contribution is -0.141. The number of esters is 1. The minimum absolute atomic E-state index is 0.120. The number of methoxy groups -OCH3 is 1. The summed E-state index contributed by atoms with van der Waals surface area (Å²) in [4.78, 5) is 34.1. The Balaban J connectivity index is 0.000000604. The number of rotatable bonds is 9. The molecule has 2 amide bonds. The first kappa shape index (κ1) is 26.4. The Morgan fingerprint density at radius 1 is 1.07 bits per heavy atom. The zero-order valence-electron chi connectivity index (χ0n) is 18.3. The zero-order valence-corrected chi connectivity index (χ0v) is 18.3. The van der Waals surface area contributed by atoms with E-state index < -0.39 is 29.9 Å². The van der Waals surface area contributed by atoms with E-state index in [0.29, 0.717) is 0 Å². The number of carbonyl (C=O) groups is 3. The fraction of sp³-hybridized carbons (Fsp3) is 0.571. The highest BCUT2D eigenvalue weighted by atomic mass is 16.5. The summed E-state index contributed by atoms with van der Waals surface area (Å²) in [6.07, 6.45) is 1.06. The largest absolute Gasteiger partial charge is 0.494 e. The molecule has 2 atom stereocenters. The molecule has 164 valence electrons. The van der Waals surface area contributed by atoms with E-state index in [9.17, 15) is 14.4 Å². The first-order valence-corrected chi connectivity index (χ1v) is 9.72. The van der Waals surface area contributed by atoms with E-state index in [2.05, 4.69) is 41.4 Å². The number of aryl methyl sites for hydroxylation is 1. The normalized spacial score (nSPS) is 12.1. The number of ether oxygens (including phenoxy) is 2. The lowest BCUT2D eigenvalue weighted by Crippen LogP contribution is -2.53. The van der Waals surface area contributed by atoms with Crippen LogP contribution in [0.25, 0.3) is 0 Å². The molecule has 1 rings (SSSR count). The Hall–Kier alpha value is -2.61. The topological polar surface area (TPSA) is 120 Å². The number of nitrogens with two attached hydrogens (primary N) is 1. The molecule has 0 fully saturated rings. The second-order valence-corrected chi connectivity index (χ2v) is 6.97. The van der Waals surface area contributed by atoms with Crippen LogP contribution in [-0.2, 0) is 19.1 Å². The molecule has 0 bridgehead atoms. The summed E-state index contributed by atoms with van der Waals surface area (Å²) in [5.41, 5.74) is 6.68. The summed E-state index contributed by atoms with van der Waals surface area (Å²) in [5.74, 6) is -0.557. The smallest absolute Gasteiger partial charge is 0.325 e. The summed E-state index contributed by atoms with van der Waals surface area (Å²) in [6, 6.07) is 6.71. The van der Waals surface area contributed by atoms with Gasteiger partial charge in [-0.1, -0.05) is 38.5 Å². The van der Waals surface area contributed by atoms with Crippen LogP contribution in [0.4, 0.5) is 0 Å². The molecular weight excluding hydrogens is 374 g/mol. The third-order valence-electron chi connectivity index (χ3n) is 3.79. The van der Waals surface area contributed by atoms with Crippen LogP contribution in [-0.4, -0.2) is 50.1 Å². The predicted molar refractivity (Wildman–Crippen MR) is 112 cm³/mol. The van der Waals surface area contributed by atoms with Crippen molar-refractivity contribution in [1.82, 2.24) is 10.6 Å². The Bertz CT molecular complexity index is 630. The molecule has 8 heteroatoms. The number of hydrogen-bond donors (Lipinski definition) is 3. The molecule has 0 radical (unpaired) electrons. The van der Waals surface area contributed by atoms with E-state index in [0.717, 1.165) is 18.8 Å². The Morgan fingerprint density at radius 3 is 2.10 bits per heavy atom. The summed E-state index contributed by atoms with van der Waals surface area (Å²) in [5, 5.41) is 4.92. The van der Waals surface area contributed by atoms with Crippen LogP contribution in [0.5, 0.6) is 5.75 Å². The van der Waals surface area contributed by atoms with Crippen molar-refractivity contribution >= 4 is 17.8 Å². The standard InChI is InChI=1S/C11H21N3O4.C10H14O/c1-6(2)9(14-10(16)7(3)12)11(17)13-5-8(15)18-4;1-3-8-11-10-6-4-9(2)5-7-10/h6-7,9H,5,12H2,1-4H3,(H,13,17)(H,14,16);4-7H,3,8H2,1-2H3/t7-,9?;/m0./s1. The van der Waals surface area contributed by atoms with Crippen molar-refractivity contribution in [1.29, 1.82) is 0 Å². The predicted octanol–water partition coefficient (Wildman–Crippen LogP) is 1.55. The summed E-state index contributed by atoms with van der Waals surface area (Å²) in [7, 11) is 1.23. The van der Waals surface area contributed by atoms with E-state index >= 15 is 0 Å². The fourth-order valence-electron chi connectivity index (χ4n) is 2.02. The van der Waals surface area contributed by atoms with Crippen molar-refractivity contribution in [2.45, 2.75) is 53.1 Å². The maximum Gasteiger partial charge on any atom is 0.325 e. The molecule has 0 spiro atoms. The number of amides is 2. The van der Waals surface area contributed by atoms with E-state index in [1.807, 2.05) is 12.1 Å². The highest BCUT2D eigenvalue weighted by molar-refractivity contribution is 5.91. The first-order chi connectivity index (χ1) is 13.6. The summed E-state index contributed by atoms with van der Waals surface area (Å²) >= 11 is 0. The van der Waals surface area contributed by atoms with Crippen LogP contribution in [0.2, 0.25) is 0 Å². The van der Waals surface area contributed by atoms with Crippen LogP contribution < -0.4 is 21.1 Å². The zero-order chi connectivity index (χ0) is 22.4. The van der Waals surface area contributed by atoms with Gasteiger partial charge >= 0.3 is 5.97 Å². The van der Waals surface area contributed by atoms with Gasteiger partial charge in [0.15, 0.2) is 0 Å². The molecule has 1 aromatic rings. The Morgan fingerprint density at radius 2 is 1.66 bits per heavy atom. The average molecular weight is 410 g/mol. The highest BCUT2D eigenvalue weighted by Gasteiger charge is 2.25. The van der Waals surface area contributed by atoms with Crippen molar-refractivity contribution in [2.75, 3.05) is 20.3 Å². The lowest BCUT2D eigenvalue weighted by atomic mass is 10.0. The van der Waals surface area contributed by atoms with Crippen molar-refractivity contribution < 1.29 is 23.9 Å². The number of benzene rings is 1. The van der Waals surface area contributed by atoms with Gasteiger partial charge in [-0.2, -0.15) is 0 Å². The van der Waals surface area contributed by atoms with Gasteiger partial charge in [-0.3, -0.25) is 14.4 Å². The highest BCUT2D eigenvalue weighted by Crippen LogP contribution is 2.11. The summed E-state index contributed by atoms with van der Waals surface area (Å²) in [6.45, 7) is 9.85. The molecule has 0 aliphatic rings. The molecule has 1 unspecified atom stereocenters. The van der Waals surface area contributed by atoms with Crippen LogP contribution in [0.1, 0.15) is 39.7 Å². The summed E-state index contributed by atoms with van der Waals surface area (Å²) < 4.78 is 9.81. The maximum absolute atomic E-state index is 11.8. The molecule has 8 nitrogen and oxygen atoms in total. The third-order valence-corrected chi connectivity index (χ3v) is 3.79. The van der Waals surface area contributed by atoms with Crippen LogP contribution in [0.15, 0.2) is 24.3 Å². The van der Waals surface area contributed by atoms with Gasteiger partial charge in [0.05, 0.1) is 19.8 Å². The molecule has 29 heavy (non-hydrogen) atoms. The van der Waals surface area contributed by atoms with Gasteiger partial charge in [0.1, 0.15) is 18.3 Å². The minimum Gasteiger partial charge on any atom is -0.494 e. The Labute approximate surface area is 173 Å². The van der Waals surface area contributed by atoms with Gasteiger partial charge in [-0.15, -0.1) is 0 Å². The van der Waals surface area contributed by atoms with E-state index in [4.69, 9.17) is 10.5 Å². The van der Waals surface area contributed by atoms with Crippen LogP contribution >= 0.6 is 0 Å². The Kier molecular flexibility index (Phi) is 13.1. The van der Waals surface area contributed by atoms with Gasteiger partial charge in [-0.25, -0.2) is 0 Å². The molecule has 0 heterocycles. The van der Waals surface area contributed by atoms with Crippen molar-refractivity contribution in [3.8, 4) is 5.75 Å². The van der Waals surface area contributed by atoms with Gasteiger partial charge in [-0.05, 0) is 38.3 Å². The van der Waals surface area contributed by atoms with Gasteiger partial charge in [0, 0.05) is 0 Å². The minimum atomic E-state index is -0.729. The number of nitrogens with one attached hydrogen (secondary N) is 2. The second-order valence-electron chi connectivity index (χ2n) is 6.97. The van der Waals surface area contributed by atoms with Gasteiger partial charge < -0.3 is 25.8 Å². The first-order valence-electron chi connectivity index (χ1n) is 9.72. The number of carbonyl (C=O) groups excluding carboxylic acids is 3. The number of hydrogen-bond acceptors (Lipinski definition) is 6. The van der Waals surface area contributed by atoms with Crippen LogP contribution in [0, 0.1) is 12.8 Å². The molecule has 0 aromatic heterocycles. The van der Waals surface area contributed by atoms with Gasteiger partial charge in [0.2, 0.25) is 11.8 Å². The molecule has 0 aliphatic heterocycles. The van der Waals surface area contributed by atoms with Gasteiger partial charge in [0.25, 0.3) is 0 Å². The SMILES string of the molecule is CCCOc1ccc(C)cc1.COC(=O)CNC(=O)C(NC(=O)[C@H](C)N)C(C)C. The second kappa shape index (κ2) is 14.4. The molecule has 0 saturated carbocycles.